The minimum atomic E-state index is -4.55. The largest absolute Gasteiger partial charge is 0.416 e. The van der Waals surface area contributed by atoms with Gasteiger partial charge in [0.2, 0.25) is 0 Å². The monoisotopic (exact) mass is 393 g/mol. The molecule has 0 atom stereocenters. The first-order chi connectivity index (χ1) is 13.9. The fourth-order valence-corrected chi connectivity index (χ4v) is 3.27. The van der Waals surface area contributed by atoms with E-state index in [-0.39, 0.29) is 17.2 Å². The van der Waals surface area contributed by atoms with E-state index in [4.69, 9.17) is 0 Å². The Bertz CT molecular complexity index is 1130. The number of nitrogens with zero attached hydrogens (tertiary/aromatic N) is 1. The maximum atomic E-state index is 13.2. The number of allylic oxidation sites excluding steroid dienone is 1. The van der Waals surface area contributed by atoms with E-state index in [2.05, 4.69) is 0 Å². The molecule has 4 rings (SSSR count). The molecule has 3 aromatic rings. The van der Waals surface area contributed by atoms with Crippen LogP contribution in [-0.4, -0.2) is 11.7 Å². The molecule has 29 heavy (non-hydrogen) atoms. The van der Waals surface area contributed by atoms with Gasteiger partial charge in [-0.3, -0.25) is 14.5 Å². The fourth-order valence-electron chi connectivity index (χ4n) is 3.27. The highest BCUT2D eigenvalue weighted by Gasteiger charge is 2.36. The molecule has 144 valence electrons. The molecule has 0 radical (unpaired) electrons. The summed E-state index contributed by atoms with van der Waals surface area (Å²) in [6.07, 6.45) is -3.26. The number of benzene rings is 3. The molecule has 0 unspecified atom stereocenters. The van der Waals surface area contributed by atoms with Crippen molar-refractivity contribution in [1.82, 2.24) is 0 Å². The average Bonchev–Trinajstić information content (AvgIpc) is 3.00. The molecule has 0 bridgehead atoms. The first-order valence-electron chi connectivity index (χ1n) is 8.78. The second-order valence-corrected chi connectivity index (χ2v) is 6.49. The van der Waals surface area contributed by atoms with Gasteiger partial charge in [-0.05, 0) is 24.3 Å². The molecule has 0 saturated heterocycles. The number of hydrogen-bond donors (Lipinski definition) is 0. The van der Waals surface area contributed by atoms with Crippen molar-refractivity contribution < 1.29 is 22.8 Å². The van der Waals surface area contributed by atoms with Crippen molar-refractivity contribution in [1.29, 1.82) is 0 Å². The van der Waals surface area contributed by atoms with Crippen LogP contribution in [0.25, 0.3) is 5.70 Å². The van der Waals surface area contributed by atoms with Gasteiger partial charge in [-0.1, -0.05) is 54.6 Å². The predicted octanol–water partition coefficient (Wildman–Crippen LogP) is 5.59. The van der Waals surface area contributed by atoms with E-state index < -0.39 is 17.6 Å². The summed E-state index contributed by atoms with van der Waals surface area (Å²) in [5.41, 5.74) is 0.677. The maximum Gasteiger partial charge on any atom is 0.416 e. The van der Waals surface area contributed by atoms with Crippen LogP contribution in [0.2, 0.25) is 0 Å². The SMILES string of the molecule is O=C(/C=C1\c2ccccc2C(=O)N1c1cccc(C(F)(F)F)c1)c1ccccc1. The van der Waals surface area contributed by atoms with Gasteiger partial charge in [-0.15, -0.1) is 0 Å². The molecule has 6 heteroatoms. The Morgan fingerprint density at radius 3 is 2.17 bits per heavy atom. The Kier molecular flexibility index (Phi) is 4.54. The maximum absolute atomic E-state index is 13.2. The third-order valence-electron chi connectivity index (χ3n) is 4.64. The van der Waals surface area contributed by atoms with Crippen molar-refractivity contribution in [2.24, 2.45) is 0 Å². The quantitative estimate of drug-likeness (QED) is 0.430. The summed E-state index contributed by atoms with van der Waals surface area (Å²) in [6, 6.07) is 19.6. The number of carbonyl (C=O) groups is 2. The number of carbonyl (C=O) groups excluding carboxylic acids is 2. The Balaban J connectivity index is 1.85. The van der Waals surface area contributed by atoms with Crippen LogP contribution in [-0.2, 0) is 6.18 Å². The summed E-state index contributed by atoms with van der Waals surface area (Å²) in [4.78, 5) is 26.9. The first-order valence-corrected chi connectivity index (χ1v) is 8.78. The third-order valence-corrected chi connectivity index (χ3v) is 4.64. The summed E-state index contributed by atoms with van der Waals surface area (Å²) >= 11 is 0. The third kappa shape index (κ3) is 3.45. The summed E-state index contributed by atoms with van der Waals surface area (Å²) in [5, 5.41) is 0. The Morgan fingerprint density at radius 1 is 0.828 bits per heavy atom. The zero-order chi connectivity index (χ0) is 20.6. The lowest BCUT2D eigenvalue weighted by molar-refractivity contribution is -0.137. The lowest BCUT2D eigenvalue weighted by Gasteiger charge is -2.20. The predicted molar refractivity (Wildman–Crippen MR) is 103 cm³/mol. The highest BCUT2D eigenvalue weighted by atomic mass is 19.4. The first kappa shape index (κ1) is 18.7. The van der Waals surface area contributed by atoms with E-state index in [0.717, 1.165) is 17.0 Å². The van der Waals surface area contributed by atoms with Gasteiger partial charge in [-0.25, -0.2) is 0 Å². The topological polar surface area (TPSA) is 37.4 Å². The van der Waals surface area contributed by atoms with Crippen LogP contribution in [0.1, 0.15) is 31.8 Å². The van der Waals surface area contributed by atoms with Gasteiger partial charge in [0, 0.05) is 28.5 Å². The Morgan fingerprint density at radius 2 is 1.48 bits per heavy atom. The number of halogens is 3. The number of rotatable bonds is 3. The summed E-state index contributed by atoms with van der Waals surface area (Å²) in [7, 11) is 0. The average molecular weight is 393 g/mol. The van der Waals surface area contributed by atoms with E-state index in [1.807, 2.05) is 0 Å². The minimum absolute atomic E-state index is 0.0492. The molecule has 1 heterocycles. The molecule has 0 fully saturated rings. The molecular weight excluding hydrogens is 379 g/mol. The van der Waals surface area contributed by atoms with Crippen LogP contribution in [0, 0.1) is 0 Å². The van der Waals surface area contributed by atoms with E-state index >= 15 is 0 Å². The Hall–Kier alpha value is -3.67. The second kappa shape index (κ2) is 7.05. The van der Waals surface area contributed by atoms with Gasteiger partial charge in [0.05, 0.1) is 11.3 Å². The zero-order valence-electron chi connectivity index (χ0n) is 15.0. The summed E-state index contributed by atoms with van der Waals surface area (Å²) in [5.74, 6) is -0.825. The van der Waals surface area contributed by atoms with Crippen molar-refractivity contribution in [3.63, 3.8) is 0 Å². The molecule has 0 N–H and O–H groups in total. The van der Waals surface area contributed by atoms with Gasteiger partial charge in [0.15, 0.2) is 5.78 Å². The lowest BCUT2D eigenvalue weighted by atomic mass is 10.1. The molecule has 0 saturated carbocycles. The summed E-state index contributed by atoms with van der Waals surface area (Å²) < 4.78 is 39.5. The number of fused-ring (bicyclic) bond motifs is 1. The van der Waals surface area contributed by atoms with Crippen molar-refractivity contribution in [2.75, 3.05) is 4.90 Å². The highest BCUT2D eigenvalue weighted by Crippen LogP contribution is 2.39. The Labute approximate surface area is 164 Å². The van der Waals surface area contributed by atoms with Crippen molar-refractivity contribution in [3.8, 4) is 0 Å². The van der Waals surface area contributed by atoms with Gasteiger partial charge < -0.3 is 0 Å². The van der Waals surface area contributed by atoms with Gasteiger partial charge in [0.25, 0.3) is 5.91 Å². The highest BCUT2D eigenvalue weighted by molar-refractivity contribution is 6.25. The molecule has 3 nitrogen and oxygen atoms in total. The molecule has 0 spiro atoms. The van der Waals surface area contributed by atoms with Crippen molar-refractivity contribution in [3.05, 3.63) is 107 Å². The van der Waals surface area contributed by atoms with Gasteiger partial charge in [-0.2, -0.15) is 13.2 Å². The van der Waals surface area contributed by atoms with Crippen molar-refractivity contribution >= 4 is 23.1 Å². The number of alkyl halides is 3. The minimum Gasteiger partial charge on any atom is -0.289 e. The van der Waals surface area contributed by atoms with Crippen LogP contribution in [0.4, 0.5) is 18.9 Å². The van der Waals surface area contributed by atoms with Crippen LogP contribution in [0.5, 0.6) is 0 Å². The lowest BCUT2D eigenvalue weighted by Crippen LogP contribution is -2.23. The van der Waals surface area contributed by atoms with Gasteiger partial charge in [0.1, 0.15) is 0 Å². The second-order valence-electron chi connectivity index (χ2n) is 6.49. The molecular formula is C23H14F3NO2. The van der Waals surface area contributed by atoms with E-state index in [1.54, 1.807) is 54.6 Å². The van der Waals surface area contributed by atoms with Crippen molar-refractivity contribution in [2.45, 2.75) is 6.18 Å². The fraction of sp³-hybridized carbons (Fsp3) is 0.0435. The molecule has 1 aliphatic rings. The smallest absolute Gasteiger partial charge is 0.289 e. The molecule has 1 aliphatic heterocycles. The molecule has 0 aromatic heterocycles. The van der Waals surface area contributed by atoms with E-state index in [1.165, 1.54) is 18.2 Å². The van der Waals surface area contributed by atoms with Crippen LogP contribution in [0.3, 0.4) is 0 Å². The number of amides is 1. The number of anilines is 1. The summed E-state index contributed by atoms with van der Waals surface area (Å²) in [6.45, 7) is 0. The van der Waals surface area contributed by atoms with Gasteiger partial charge >= 0.3 is 6.18 Å². The van der Waals surface area contributed by atoms with E-state index in [9.17, 15) is 22.8 Å². The molecule has 3 aromatic carbocycles. The van der Waals surface area contributed by atoms with Crippen LogP contribution in [0.15, 0.2) is 84.9 Å². The number of ketones is 1. The standard InChI is InChI=1S/C23H14F3NO2/c24-23(25,26)16-9-6-10-17(13-16)27-20(14-21(28)15-7-2-1-3-8-15)18-11-4-5-12-19(18)22(27)29/h1-14H/b20-14+. The zero-order valence-corrected chi connectivity index (χ0v) is 15.0. The normalized spacial score (nSPS) is 14.9. The van der Waals surface area contributed by atoms with E-state index in [0.29, 0.717) is 16.7 Å². The molecule has 1 amide bonds. The van der Waals surface area contributed by atoms with Crippen LogP contribution >= 0.6 is 0 Å². The molecule has 0 aliphatic carbocycles. The van der Waals surface area contributed by atoms with Crippen LogP contribution < -0.4 is 4.90 Å². The number of hydrogen-bond acceptors (Lipinski definition) is 2.